The van der Waals surface area contributed by atoms with E-state index < -0.39 is 4.92 Å². The molecule has 2 aromatic carbocycles. The van der Waals surface area contributed by atoms with E-state index >= 15 is 0 Å². The standard InChI is InChI=1S/C20H22FN3O3/c1-22(14-15-7-3-4-8-18(15)21)20(25)17-13-16(24(26)27)9-10-19(17)23-11-5-2-6-12-23/h3-4,7-10,13H,2,5-6,11-12,14H2,1H3. The van der Waals surface area contributed by atoms with E-state index in [1.807, 2.05) is 0 Å². The van der Waals surface area contributed by atoms with E-state index in [4.69, 9.17) is 0 Å². The second kappa shape index (κ2) is 8.16. The topological polar surface area (TPSA) is 66.7 Å². The van der Waals surface area contributed by atoms with E-state index in [1.165, 1.54) is 23.1 Å². The lowest BCUT2D eigenvalue weighted by Crippen LogP contribution is -2.33. The molecule has 0 atom stereocenters. The van der Waals surface area contributed by atoms with Crippen LogP contribution in [0.15, 0.2) is 42.5 Å². The third kappa shape index (κ3) is 4.24. The van der Waals surface area contributed by atoms with Crippen molar-refractivity contribution in [1.82, 2.24) is 4.90 Å². The number of hydrogen-bond acceptors (Lipinski definition) is 4. The molecule has 0 N–H and O–H groups in total. The Morgan fingerprint density at radius 1 is 1.19 bits per heavy atom. The Balaban J connectivity index is 1.92. The summed E-state index contributed by atoms with van der Waals surface area (Å²) in [5.41, 5.74) is 1.26. The van der Waals surface area contributed by atoms with E-state index in [1.54, 1.807) is 31.3 Å². The summed E-state index contributed by atoms with van der Waals surface area (Å²) in [5, 5.41) is 11.2. The summed E-state index contributed by atoms with van der Waals surface area (Å²) in [6.07, 6.45) is 3.19. The highest BCUT2D eigenvalue weighted by atomic mass is 19.1. The number of rotatable bonds is 5. The highest BCUT2D eigenvalue weighted by Gasteiger charge is 2.24. The van der Waals surface area contributed by atoms with Gasteiger partial charge in [0.15, 0.2) is 0 Å². The lowest BCUT2D eigenvalue weighted by atomic mass is 10.1. The molecular formula is C20H22FN3O3. The van der Waals surface area contributed by atoms with Crippen LogP contribution in [0.1, 0.15) is 35.2 Å². The minimum absolute atomic E-state index is 0.0909. The molecule has 1 fully saturated rings. The molecule has 1 aliphatic rings. The number of halogens is 1. The third-order valence-electron chi connectivity index (χ3n) is 4.83. The second-order valence-electron chi connectivity index (χ2n) is 6.76. The number of nitro groups is 1. The fraction of sp³-hybridized carbons (Fsp3) is 0.350. The molecule has 0 aliphatic carbocycles. The van der Waals surface area contributed by atoms with Crippen molar-refractivity contribution < 1.29 is 14.1 Å². The Morgan fingerprint density at radius 3 is 2.56 bits per heavy atom. The van der Waals surface area contributed by atoms with Crippen molar-refractivity contribution in [3.63, 3.8) is 0 Å². The van der Waals surface area contributed by atoms with Gasteiger partial charge in [-0.2, -0.15) is 0 Å². The molecule has 0 unspecified atom stereocenters. The van der Waals surface area contributed by atoms with Crippen LogP contribution in [-0.4, -0.2) is 35.9 Å². The number of carbonyl (C=O) groups excluding carboxylic acids is 1. The van der Waals surface area contributed by atoms with Crippen LogP contribution >= 0.6 is 0 Å². The minimum Gasteiger partial charge on any atom is -0.371 e. The zero-order valence-electron chi connectivity index (χ0n) is 15.2. The number of nitro benzene ring substituents is 1. The molecule has 0 aromatic heterocycles. The smallest absolute Gasteiger partial charge is 0.270 e. The number of anilines is 1. The van der Waals surface area contributed by atoms with E-state index in [0.717, 1.165) is 32.4 Å². The van der Waals surface area contributed by atoms with Gasteiger partial charge in [0.1, 0.15) is 5.82 Å². The number of amides is 1. The molecular weight excluding hydrogens is 349 g/mol. The van der Waals surface area contributed by atoms with Gasteiger partial charge in [0, 0.05) is 44.4 Å². The first-order valence-electron chi connectivity index (χ1n) is 8.99. The van der Waals surface area contributed by atoms with E-state index in [2.05, 4.69) is 4.90 Å². The summed E-state index contributed by atoms with van der Waals surface area (Å²) in [4.78, 5) is 27.2. The first-order valence-corrected chi connectivity index (χ1v) is 8.99. The maximum Gasteiger partial charge on any atom is 0.270 e. The molecule has 3 rings (SSSR count). The van der Waals surface area contributed by atoms with Gasteiger partial charge in [-0.05, 0) is 31.4 Å². The van der Waals surface area contributed by atoms with Crippen LogP contribution in [0.2, 0.25) is 0 Å². The van der Waals surface area contributed by atoms with Gasteiger partial charge in [-0.3, -0.25) is 14.9 Å². The quantitative estimate of drug-likeness (QED) is 0.589. The Kier molecular flexibility index (Phi) is 5.69. The summed E-state index contributed by atoms with van der Waals surface area (Å²) in [7, 11) is 1.58. The maximum atomic E-state index is 13.9. The maximum absolute atomic E-state index is 13.9. The molecule has 0 spiro atoms. The van der Waals surface area contributed by atoms with Crippen LogP contribution in [0.25, 0.3) is 0 Å². The molecule has 6 nitrogen and oxygen atoms in total. The predicted octanol–water partition coefficient (Wildman–Crippen LogP) is 4.00. The first kappa shape index (κ1) is 18.8. The second-order valence-corrected chi connectivity index (χ2v) is 6.76. The van der Waals surface area contributed by atoms with Crippen LogP contribution < -0.4 is 4.90 Å². The van der Waals surface area contributed by atoms with E-state index in [0.29, 0.717) is 11.3 Å². The lowest BCUT2D eigenvalue weighted by Gasteiger charge is -2.31. The van der Waals surface area contributed by atoms with Gasteiger partial charge in [-0.15, -0.1) is 0 Å². The number of hydrogen-bond donors (Lipinski definition) is 0. The molecule has 0 radical (unpaired) electrons. The Morgan fingerprint density at radius 2 is 1.89 bits per heavy atom. The van der Waals surface area contributed by atoms with Crippen LogP contribution in [-0.2, 0) is 6.54 Å². The number of carbonyl (C=O) groups is 1. The van der Waals surface area contributed by atoms with Crippen molar-refractivity contribution >= 4 is 17.3 Å². The van der Waals surface area contributed by atoms with Crippen molar-refractivity contribution in [3.05, 3.63) is 69.5 Å². The molecule has 2 aromatic rings. The SMILES string of the molecule is CN(Cc1ccccc1F)C(=O)c1cc([N+](=O)[O-])ccc1N1CCCCC1. The van der Waals surface area contributed by atoms with Gasteiger partial charge in [-0.1, -0.05) is 18.2 Å². The van der Waals surface area contributed by atoms with Gasteiger partial charge in [0.25, 0.3) is 11.6 Å². The number of non-ortho nitro benzene ring substituents is 1. The van der Waals surface area contributed by atoms with Gasteiger partial charge < -0.3 is 9.80 Å². The number of piperidine rings is 1. The summed E-state index contributed by atoms with van der Waals surface area (Å²) in [5.74, 6) is -0.741. The molecule has 7 heteroatoms. The lowest BCUT2D eigenvalue weighted by molar-refractivity contribution is -0.384. The van der Waals surface area contributed by atoms with Crippen LogP contribution in [0, 0.1) is 15.9 Å². The van der Waals surface area contributed by atoms with Crippen molar-refractivity contribution in [2.45, 2.75) is 25.8 Å². The molecule has 27 heavy (non-hydrogen) atoms. The number of benzene rings is 2. The molecule has 142 valence electrons. The summed E-state index contributed by atoms with van der Waals surface area (Å²) in [6, 6.07) is 10.7. The Bertz CT molecular complexity index is 850. The zero-order valence-corrected chi connectivity index (χ0v) is 15.2. The Hall–Kier alpha value is -2.96. The fourth-order valence-electron chi connectivity index (χ4n) is 3.38. The average molecular weight is 371 g/mol. The molecule has 1 aliphatic heterocycles. The summed E-state index contributed by atoms with van der Waals surface area (Å²) in [6.45, 7) is 1.72. The highest BCUT2D eigenvalue weighted by molar-refractivity contribution is 6.00. The highest BCUT2D eigenvalue weighted by Crippen LogP contribution is 2.29. The van der Waals surface area contributed by atoms with Gasteiger partial charge in [0.2, 0.25) is 0 Å². The minimum atomic E-state index is -0.506. The normalized spacial score (nSPS) is 14.1. The van der Waals surface area contributed by atoms with E-state index in [-0.39, 0.29) is 29.5 Å². The van der Waals surface area contributed by atoms with Gasteiger partial charge in [-0.25, -0.2) is 4.39 Å². The van der Waals surface area contributed by atoms with Crippen LogP contribution in [0.4, 0.5) is 15.8 Å². The van der Waals surface area contributed by atoms with Crippen molar-refractivity contribution in [1.29, 1.82) is 0 Å². The van der Waals surface area contributed by atoms with Crippen molar-refractivity contribution in [2.75, 3.05) is 25.0 Å². The van der Waals surface area contributed by atoms with Gasteiger partial charge in [0.05, 0.1) is 16.2 Å². The average Bonchev–Trinajstić information content (AvgIpc) is 2.69. The zero-order chi connectivity index (χ0) is 19.4. The van der Waals surface area contributed by atoms with Crippen molar-refractivity contribution in [2.24, 2.45) is 0 Å². The molecule has 0 bridgehead atoms. The van der Waals surface area contributed by atoms with E-state index in [9.17, 15) is 19.3 Å². The third-order valence-corrected chi connectivity index (χ3v) is 4.83. The number of nitrogens with zero attached hydrogens (tertiary/aromatic N) is 3. The predicted molar refractivity (Wildman–Crippen MR) is 101 cm³/mol. The molecule has 1 amide bonds. The van der Waals surface area contributed by atoms with Gasteiger partial charge >= 0.3 is 0 Å². The Labute approximate surface area is 157 Å². The molecule has 1 saturated heterocycles. The monoisotopic (exact) mass is 371 g/mol. The first-order chi connectivity index (χ1) is 13.0. The van der Waals surface area contributed by atoms with Crippen molar-refractivity contribution in [3.8, 4) is 0 Å². The van der Waals surface area contributed by atoms with Crippen LogP contribution in [0.3, 0.4) is 0 Å². The molecule has 0 saturated carbocycles. The largest absolute Gasteiger partial charge is 0.371 e. The molecule has 1 heterocycles. The van der Waals surface area contributed by atoms with Crippen LogP contribution in [0.5, 0.6) is 0 Å². The summed E-state index contributed by atoms with van der Waals surface area (Å²) >= 11 is 0. The summed E-state index contributed by atoms with van der Waals surface area (Å²) < 4.78 is 13.9. The fourth-order valence-corrected chi connectivity index (χ4v) is 3.38.